The van der Waals surface area contributed by atoms with E-state index in [0.29, 0.717) is 18.1 Å². The second-order valence-corrected chi connectivity index (χ2v) is 7.74. The highest BCUT2D eigenvalue weighted by Crippen LogP contribution is 2.18. The molecule has 0 aliphatic carbocycles. The molecule has 0 atom stereocenters. The van der Waals surface area contributed by atoms with Crippen molar-refractivity contribution in [2.75, 3.05) is 26.3 Å². The highest BCUT2D eigenvalue weighted by atomic mass is 32.2. The second kappa shape index (κ2) is 10.3. The molecule has 2 aromatic rings. The summed E-state index contributed by atoms with van der Waals surface area (Å²) in [7, 11) is -4.40. The summed E-state index contributed by atoms with van der Waals surface area (Å²) in [4.78, 5) is 11.8. The first-order chi connectivity index (χ1) is 14.1. The van der Waals surface area contributed by atoms with Crippen LogP contribution in [0.2, 0.25) is 0 Å². The molecule has 2 rings (SSSR count). The van der Waals surface area contributed by atoms with Gasteiger partial charge in [0.25, 0.3) is 5.91 Å². The third-order valence-electron chi connectivity index (χ3n) is 3.66. The predicted octanol–water partition coefficient (Wildman–Crippen LogP) is 2.73. The van der Waals surface area contributed by atoms with Crippen LogP contribution in [0.15, 0.2) is 53.4 Å². The highest BCUT2D eigenvalue weighted by molar-refractivity contribution is 7.89. The molecule has 11 heteroatoms. The molecule has 0 aromatic heterocycles. The third-order valence-corrected chi connectivity index (χ3v) is 5.06. The molecule has 164 valence electrons. The van der Waals surface area contributed by atoms with Crippen molar-refractivity contribution in [2.24, 2.45) is 0 Å². The van der Waals surface area contributed by atoms with Crippen LogP contribution in [0.1, 0.15) is 17.3 Å². The summed E-state index contributed by atoms with van der Waals surface area (Å²) < 4.78 is 72.9. The average Bonchev–Trinajstić information content (AvgIpc) is 2.71. The molecular formula is C19H21F3N2O5S. The molecular weight excluding hydrogens is 425 g/mol. The van der Waals surface area contributed by atoms with Crippen molar-refractivity contribution in [1.29, 1.82) is 0 Å². The van der Waals surface area contributed by atoms with Crippen molar-refractivity contribution in [3.05, 3.63) is 54.1 Å². The largest absolute Gasteiger partial charge is 0.494 e. The summed E-state index contributed by atoms with van der Waals surface area (Å²) in [5.41, 5.74) is -0.00838. The zero-order valence-electron chi connectivity index (χ0n) is 16.0. The van der Waals surface area contributed by atoms with Gasteiger partial charge in [0.05, 0.1) is 18.0 Å². The smallest absolute Gasteiger partial charge is 0.402 e. The van der Waals surface area contributed by atoms with Crippen LogP contribution >= 0.6 is 0 Å². The van der Waals surface area contributed by atoms with Crippen LogP contribution in [0, 0.1) is 0 Å². The lowest BCUT2D eigenvalue weighted by Crippen LogP contribution is -2.34. The first-order valence-corrected chi connectivity index (χ1v) is 10.4. The monoisotopic (exact) mass is 446 g/mol. The van der Waals surface area contributed by atoms with Gasteiger partial charge in [0.2, 0.25) is 10.0 Å². The number of rotatable bonds is 10. The number of hydrogen-bond acceptors (Lipinski definition) is 5. The van der Waals surface area contributed by atoms with Crippen molar-refractivity contribution in [2.45, 2.75) is 18.0 Å². The van der Waals surface area contributed by atoms with Crippen LogP contribution in [0.5, 0.6) is 11.5 Å². The molecule has 1 amide bonds. The predicted molar refractivity (Wildman–Crippen MR) is 103 cm³/mol. The number of alkyl halides is 3. The van der Waals surface area contributed by atoms with Crippen LogP contribution in [0.3, 0.4) is 0 Å². The summed E-state index contributed by atoms with van der Waals surface area (Å²) in [6, 6.07) is 11.7. The summed E-state index contributed by atoms with van der Waals surface area (Å²) >= 11 is 0. The molecule has 7 nitrogen and oxygen atoms in total. The molecule has 30 heavy (non-hydrogen) atoms. The van der Waals surface area contributed by atoms with E-state index in [2.05, 4.69) is 5.32 Å². The SMILES string of the molecule is CCOc1ccc(OCCNC(=O)c2cccc(S(=O)(=O)NCC(F)(F)F)c2)cc1. The zero-order chi connectivity index (χ0) is 22.2. The number of sulfonamides is 1. The summed E-state index contributed by atoms with van der Waals surface area (Å²) in [5.74, 6) is 0.701. The van der Waals surface area contributed by atoms with Gasteiger partial charge in [-0.1, -0.05) is 6.07 Å². The normalized spacial score (nSPS) is 11.7. The Bertz CT molecular complexity index is 947. The Morgan fingerprint density at radius 2 is 1.67 bits per heavy atom. The standard InChI is InChI=1S/C19H21F3N2O5S/c1-2-28-15-6-8-16(9-7-15)29-11-10-23-18(25)14-4-3-5-17(12-14)30(26,27)24-13-19(20,21)22/h3-9,12,24H,2,10-11,13H2,1H3,(H,23,25). The highest BCUT2D eigenvalue weighted by Gasteiger charge is 2.30. The van der Waals surface area contributed by atoms with Gasteiger partial charge in [-0.15, -0.1) is 0 Å². The molecule has 0 aliphatic heterocycles. The number of benzene rings is 2. The van der Waals surface area contributed by atoms with Gasteiger partial charge < -0.3 is 14.8 Å². The minimum atomic E-state index is -4.69. The number of carbonyl (C=O) groups excluding carboxylic acids is 1. The summed E-state index contributed by atoms with van der Waals surface area (Å²) in [6.07, 6.45) is -4.69. The molecule has 2 aromatic carbocycles. The van der Waals surface area contributed by atoms with Gasteiger partial charge in [-0.3, -0.25) is 4.79 Å². The molecule has 0 saturated heterocycles. The van der Waals surface area contributed by atoms with Gasteiger partial charge in [0, 0.05) is 5.56 Å². The maximum atomic E-state index is 12.2. The van der Waals surface area contributed by atoms with Gasteiger partial charge in [-0.2, -0.15) is 13.2 Å². The second-order valence-electron chi connectivity index (χ2n) is 5.98. The minimum absolute atomic E-state index is 0.00838. The van der Waals surface area contributed by atoms with E-state index in [4.69, 9.17) is 9.47 Å². The van der Waals surface area contributed by atoms with Crippen molar-refractivity contribution in [1.82, 2.24) is 10.0 Å². The molecule has 0 saturated carbocycles. The fourth-order valence-corrected chi connectivity index (χ4v) is 3.36. The van der Waals surface area contributed by atoms with Crippen LogP contribution in [0.25, 0.3) is 0 Å². The van der Waals surface area contributed by atoms with Crippen LogP contribution in [0.4, 0.5) is 13.2 Å². The fourth-order valence-electron chi connectivity index (χ4n) is 2.30. The lowest BCUT2D eigenvalue weighted by Gasteiger charge is -2.11. The quantitative estimate of drug-likeness (QED) is 0.548. The average molecular weight is 446 g/mol. The fraction of sp³-hybridized carbons (Fsp3) is 0.316. The number of hydrogen-bond donors (Lipinski definition) is 2. The number of ether oxygens (including phenoxy) is 2. The molecule has 0 radical (unpaired) electrons. The van der Waals surface area contributed by atoms with E-state index >= 15 is 0 Å². The Morgan fingerprint density at radius 1 is 1.03 bits per heavy atom. The Morgan fingerprint density at radius 3 is 2.27 bits per heavy atom. The van der Waals surface area contributed by atoms with Gasteiger partial charge in [-0.25, -0.2) is 13.1 Å². The summed E-state index contributed by atoms with van der Waals surface area (Å²) in [5, 5.41) is 2.55. The minimum Gasteiger partial charge on any atom is -0.494 e. The van der Waals surface area contributed by atoms with Crippen molar-refractivity contribution in [3.8, 4) is 11.5 Å². The molecule has 0 spiro atoms. The molecule has 0 bridgehead atoms. The van der Waals surface area contributed by atoms with E-state index in [0.717, 1.165) is 12.1 Å². The molecule has 2 N–H and O–H groups in total. The van der Waals surface area contributed by atoms with E-state index < -0.39 is 33.5 Å². The van der Waals surface area contributed by atoms with Crippen molar-refractivity contribution < 1.29 is 35.9 Å². The van der Waals surface area contributed by atoms with Gasteiger partial charge in [0.1, 0.15) is 24.7 Å². The van der Waals surface area contributed by atoms with Crippen LogP contribution in [-0.2, 0) is 10.0 Å². The molecule has 0 heterocycles. The molecule has 0 fully saturated rings. The number of carbonyl (C=O) groups is 1. The summed E-state index contributed by atoms with van der Waals surface area (Å²) in [6.45, 7) is 1.01. The Kier molecular flexibility index (Phi) is 8.07. The Hall–Kier alpha value is -2.79. The van der Waals surface area contributed by atoms with Crippen molar-refractivity contribution >= 4 is 15.9 Å². The Balaban J connectivity index is 1.87. The number of nitrogens with one attached hydrogen (secondary N) is 2. The van der Waals surface area contributed by atoms with Crippen LogP contribution < -0.4 is 19.5 Å². The lowest BCUT2D eigenvalue weighted by atomic mass is 10.2. The van der Waals surface area contributed by atoms with Crippen molar-refractivity contribution in [3.63, 3.8) is 0 Å². The molecule has 0 aliphatic rings. The van der Waals surface area contributed by atoms with E-state index in [-0.39, 0.29) is 18.7 Å². The lowest BCUT2D eigenvalue weighted by molar-refractivity contribution is -0.121. The first-order valence-electron chi connectivity index (χ1n) is 8.91. The first kappa shape index (κ1) is 23.5. The molecule has 0 unspecified atom stereocenters. The van der Waals surface area contributed by atoms with E-state index in [9.17, 15) is 26.4 Å². The van der Waals surface area contributed by atoms with E-state index in [1.165, 1.54) is 16.9 Å². The van der Waals surface area contributed by atoms with E-state index in [1.54, 1.807) is 24.3 Å². The maximum absolute atomic E-state index is 12.2. The maximum Gasteiger partial charge on any atom is 0.402 e. The number of amides is 1. The number of halogens is 3. The zero-order valence-corrected chi connectivity index (χ0v) is 16.8. The third kappa shape index (κ3) is 7.56. The van der Waals surface area contributed by atoms with E-state index in [1.807, 2.05) is 6.92 Å². The van der Waals surface area contributed by atoms with Gasteiger partial charge in [-0.05, 0) is 49.4 Å². The van der Waals surface area contributed by atoms with Crippen LogP contribution in [-0.4, -0.2) is 46.8 Å². The van der Waals surface area contributed by atoms with Gasteiger partial charge in [0.15, 0.2) is 0 Å². The van der Waals surface area contributed by atoms with Gasteiger partial charge >= 0.3 is 6.18 Å². The Labute approximate surface area is 172 Å². The topological polar surface area (TPSA) is 93.7 Å².